The Morgan fingerprint density at radius 3 is 2.47 bits per heavy atom. The Balaban J connectivity index is 1.72. The van der Waals surface area contributed by atoms with E-state index in [1.807, 2.05) is 48.5 Å². The highest BCUT2D eigenvalue weighted by Gasteiger charge is 2.46. The van der Waals surface area contributed by atoms with E-state index in [0.717, 1.165) is 21.9 Å². The number of methoxy groups -OCH3 is 1. The Morgan fingerprint density at radius 2 is 1.74 bits per heavy atom. The quantitative estimate of drug-likeness (QED) is 0.267. The zero-order valence-corrected chi connectivity index (χ0v) is 18.5. The number of pyridine rings is 1. The molecule has 0 bridgehead atoms. The summed E-state index contributed by atoms with van der Waals surface area (Å²) < 4.78 is 5.20. The molecule has 168 valence electrons. The van der Waals surface area contributed by atoms with Gasteiger partial charge >= 0.3 is 0 Å². The molecular formula is C28H22N2O4. The lowest BCUT2D eigenvalue weighted by molar-refractivity contribution is -0.140. The van der Waals surface area contributed by atoms with E-state index in [2.05, 4.69) is 4.98 Å². The Kier molecular flexibility index (Phi) is 5.55. The molecule has 6 heteroatoms. The summed E-state index contributed by atoms with van der Waals surface area (Å²) in [6.07, 6.45) is 3.33. The van der Waals surface area contributed by atoms with Gasteiger partial charge in [-0.25, -0.2) is 0 Å². The number of benzene rings is 3. The van der Waals surface area contributed by atoms with Crippen molar-refractivity contribution in [2.45, 2.75) is 12.6 Å². The average molecular weight is 450 g/mol. The van der Waals surface area contributed by atoms with Crippen LogP contribution in [0.3, 0.4) is 0 Å². The van der Waals surface area contributed by atoms with Crippen LogP contribution in [0.15, 0.2) is 96.8 Å². The molecule has 1 amide bonds. The Morgan fingerprint density at radius 1 is 0.971 bits per heavy atom. The fourth-order valence-electron chi connectivity index (χ4n) is 4.45. The molecule has 1 fully saturated rings. The third kappa shape index (κ3) is 3.69. The van der Waals surface area contributed by atoms with Crippen LogP contribution in [0.2, 0.25) is 0 Å². The van der Waals surface area contributed by atoms with Crippen LogP contribution in [0.4, 0.5) is 0 Å². The van der Waals surface area contributed by atoms with Gasteiger partial charge in [0.15, 0.2) is 0 Å². The van der Waals surface area contributed by atoms with E-state index in [9.17, 15) is 14.7 Å². The van der Waals surface area contributed by atoms with Crippen molar-refractivity contribution in [3.8, 4) is 5.75 Å². The van der Waals surface area contributed by atoms with Crippen LogP contribution < -0.4 is 4.74 Å². The number of hydrogen-bond donors (Lipinski definition) is 1. The van der Waals surface area contributed by atoms with Gasteiger partial charge in [-0.2, -0.15) is 0 Å². The van der Waals surface area contributed by atoms with Gasteiger partial charge in [-0.1, -0.05) is 48.5 Å². The number of ketones is 1. The number of likely N-dealkylation sites (tertiary alicyclic amines) is 1. The number of hydrogen-bond acceptors (Lipinski definition) is 5. The van der Waals surface area contributed by atoms with Gasteiger partial charge in [-0.15, -0.1) is 0 Å². The molecular weight excluding hydrogens is 428 g/mol. The van der Waals surface area contributed by atoms with Crippen molar-refractivity contribution in [3.05, 3.63) is 114 Å². The third-order valence-corrected chi connectivity index (χ3v) is 6.10. The summed E-state index contributed by atoms with van der Waals surface area (Å²) in [4.78, 5) is 32.2. The number of aliphatic hydroxyl groups excluding tert-OH is 1. The first kappa shape index (κ1) is 21.4. The maximum atomic E-state index is 13.3. The summed E-state index contributed by atoms with van der Waals surface area (Å²) in [5.41, 5.74) is 2.07. The van der Waals surface area contributed by atoms with Gasteiger partial charge in [0.1, 0.15) is 11.5 Å². The number of carbonyl (C=O) groups is 2. The number of fused-ring (bicyclic) bond motifs is 1. The van der Waals surface area contributed by atoms with Gasteiger partial charge in [-0.05, 0) is 52.2 Å². The molecule has 1 saturated heterocycles. The molecule has 0 radical (unpaired) electrons. The summed E-state index contributed by atoms with van der Waals surface area (Å²) in [6.45, 7) is 0.186. The highest BCUT2D eigenvalue weighted by Crippen LogP contribution is 2.42. The molecule has 1 N–H and O–H groups in total. The minimum Gasteiger partial charge on any atom is -0.507 e. The predicted molar refractivity (Wildman–Crippen MR) is 129 cm³/mol. The first-order valence-electron chi connectivity index (χ1n) is 10.9. The minimum atomic E-state index is -0.756. The van der Waals surface area contributed by atoms with Crippen molar-refractivity contribution in [3.63, 3.8) is 0 Å². The molecule has 1 atom stereocenters. The van der Waals surface area contributed by atoms with Crippen LogP contribution in [0.25, 0.3) is 16.5 Å². The minimum absolute atomic E-state index is 0.0652. The molecule has 0 saturated carbocycles. The van der Waals surface area contributed by atoms with E-state index in [1.54, 1.807) is 49.8 Å². The number of Topliss-reactive ketones (excluding diaryl/α,β-unsaturated/α-hetero) is 1. The van der Waals surface area contributed by atoms with E-state index in [-0.39, 0.29) is 17.9 Å². The normalized spacial score (nSPS) is 17.3. The van der Waals surface area contributed by atoms with Gasteiger partial charge in [0.05, 0.1) is 18.7 Å². The van der Waals surface area contributed by atoms with Crippen LogP contribution in [0, 0.1) is 0 Å². The summed E-state index contributed by atoms with van der Waals surface area (Å²) in [7, 11) is 1.55. The highest BCUT2D eigenvalue weighted by molar-refractivity contribution is 6.46. The monoisotopic (exact) mass is 450 g/mol. The summed E-state index contributed by atoms with van der Waals surface area (Å²) in [6, 6.07) is 23.2. The molecule has 6 nitrogen and oxygen atoms in total. The number of aromatic nitrogens is 1. The number of ether oxygens (including phenoxy) is 1. The molecule has 0 spiro atoms. The molecule has 1 aromatic heterocycles. The second-order valence-corrected chi connectivity index (χ2v) is 8.09. The van der Waals surface area contributed by atoms with Crippen molar-refractivity contribution < 1.29 is 19.4 Å². The van der Waals surface area contributed by atoms with Crippen molar-refractivity contribution in [1.82, 2.24) is 9.88 Å². The molecule has 4 aromatic rings. The lowest BCUT2D eigenvalue weighted by atomic mass is 9.91. The number of carbonyl (C=O) groups excluding carboxylic acids is 2. The molecule has 1 aliphatic heterocycles. The Hall–Kier alpha value is -4.45. The summed E-state index contributed by atoms with van der Waals surface area (Å²) in [5.74, 6) is -0.959. The molecule has 0 aliphatic carbocycles. The number of aliphatic hydroxyl groups is 1. The number of nitrogens with zero attached hydrogens (tertiary/aromatic N) is 2. The zero-order chi connectivity index (χ0) is 23.7. The largest absolute Gasteiger partial charge is 0.507 e. The van der Waals surface area contributed by atoms with E-state index in [4.69, 9.17) is 4.74 Å². The zero-order valence-electron chi connectivity index (χ0n) is 18.5. The first-order chi connectivity index (χ1) is 16.6. The van der Waals surface area contributed by atoms with E-state index in [1.165, 1.54) is 4.90 Å². The van der Waals surface area contributed by atoms with Gasteiger partial charge in [0.25, 0.3) is 11.7 Å². The van der Waals surface area contributed by atoms with E-state index < -0.39 is 17.7 Å². The maximum Gasteiger partial charge on any atom is 0.295 e. The number of amides is 1. The highest BCUT2D eigenvalue weighted by atomic mass is 16.5. The molecule has 2 heterocycles. The lowest BCUT2D eigenvalue weighted by Crippen LogP contribution is -2.29. The van der Waals surface area contributed by atoms with Crippen LogP contribution in [-0.4, -0.2) is 33.8 Å². The van der Waals surface area contributed by atoms with Gasteiger partial charge in [0.2, 0.25) is 0 Å². The summed E-state index contributed by atoms with van der Waals surface area (Å²) in [5, 5.41) is 13.2. The van der Waals surface area contributed by atoms with Crippen LogP contribution in [0.5, 0.6) is 5.75 Å². The first-order valence-corrected chi connectivity index (χ1v) is 10.9. The molecule has 5 rings (SSSR count). The Labute approximate surface area is 196 Å². The molecule has 1 aliphatic rings. The third-order valence-electron chi connectivity index (χ3n) is 6.10. The lowest BCUT2D eigenvalue weighted by Gasteiger charge is -2.26. The SMILES string of the molecule is COc1ccc(/C(O)=C2\C(=O)C(=O)N(Cc3cccnc3)[C@H]2c2cccc3ccccc23)cc1. The molecule has 3 aromatic carbocycles. The average Bonchev–Trinajstić information content (AvgIpc) is 3.13. The maximum absolute atomic E-state index is 13.3. The smallest absolute Gasteiger partial charge is 0.295 e. The second-order valence-electron chi connectivity index (χ2n) is 8.09. The van der Waals surface area contributed by atoms with Gasteiger partial charge in [0, 0.05) is 24.5 Å². The van der Waals surface area contributed by atoms with E-state index in [0.29, 0.717) is 11.3 Å². The number of rotatable bonds is 5. The predicted octanol–water partition coefficient (Wildman–Crippen LogP) is 4.87. The van der Waals surface area contributed by atoms with Crippen molar-refractivity contribution >= 4 is 28.2 Å². The fraction of sp³-hybridized carbons (Fsp3) is 0.107. The van der Waals surface area contributed by atoms with Crippen LogP contribution in [-0.2, 0) is 16.1 Å². The topological polar surface area (TPSA) is 79.7 Å². The van der Waals surface area contributed by atoms with Crippen molar-refractivity contribution in [1.29, 1.82) is 0 Å². The summed E-state index contributed by atoms with van der Waals surface area (Å²) >= 11 is 0. The molecule has 34 heavy (non-hydrogen) atoms. The Bertz CT molecular complexity index is 1410. The van der Waals surface area contributed by atoms with E-state index >= 15 is 0 Å². The van der Waals surface area contributed by atoms with Gasteiger partial charge in [-0.3, -0.25) is 14.6 Å². The van der Waals surface area contributed by atoms with Crippen LogP contribution >= 0.6 is 0 Å². The van der Waals surface area contributed by atoms with Crippen molar-refractivity contribution in [2.75, 3.05) is 7.11 Å². The fourth-order valence-corrected chi connectivity index (χ4v) is 4.45. The van der Waals surface area contributed by atoms with Gasteiger partial charge < -0.3 is 14.7 Å². The second kappa shape index (κ2) is 8.83. The van der Waals surface area contributed by atoms with Crippen molar-refractivity contribution in [2.24, 2.45) is 0 Å². The molecule has 0 unspecified atom stereocenters. The standard InChI is InChI=1S/C28H22N2O4/c1-34-21-13-11-20(12-14-21)26(31)24-25(23-10-4-8-19-7-2-3-9-22(19)23)30(28(33)27(24)32)17-18-6-5-15-29-16-18/h2-16,25,31H,17H2,1H3/b26-24+/t25-/m0/s1. The van der Waals surface area contributed by atoms with Crippen LogP contribution in [0.1, 0.15) is 22.7 Å².